The molecule has 0 saturated heterocycles. The lowest BCUT2D eigenvalue weighted by atomic mass is 10.1. The summed E-state index contributed by atoms with van der Waals surface area (Å²) in [5, 5.41) is 9.19. The molecule has 0 unspecified atom stereocenters. The van der Waals surface area contributed by atoms with E-state index in [-0.39, 0.29) is 37.4 Å². The summed E-state index contributed by atoms with van der Waals surface area (Å²) in [5.74, 6) is 0.168. The first-order valence-corrected chi connectivity index (χ1v) is 7.41. The third-order valence-corrected chi connectivity index (χ3v) is 5.00. The maximum atomic E-state index is 8.67. The molecular weight excluding hydrogens is 375 g/mol. The van der Waals surface area contributed by atoms with Crippen molar-refractivity contribution in [3.05, 3.63) is 42.9 Å². The van der Waals surface area contributed by atoms with E-state index in [1.54, 1.807) is 12.1 Å². The summed E-state index contributed by atoms with van der Waals surface area (Å²) in [7, 11) is 0. The van der Waals surface area contributed by atoms with Crippen LogP contribution in [0.25, 0.3) is 11.1 Å². The number of benzene rings is 1. The number of halogens is 5. The molecule has 0 spiro atoms. The molecule has 0 fully saturated rings. The van der Waals surface area contributed by atoms with Gasteiger partial charge in [0.05, 0.1) is 43.3 Å². The number of aromatic nitrogens is 1. The van der Waals surface area contributed by atoms with Crippen LogP contribution in [-0.2, 0) is 6.42 Å². The van der Waals surface area contributed by atoms with Gasteiger partial charge < -0.3 is 5.73 Å². The molecule has 2 N–H and O–H groups in total. The Morgan fingerprint density at radius 1 is 0.952 bits per heavy atom. The summed E-state index contributed by atoms with van der Waals surface area (Å²) in [5.41, 5.74) is 7.26. The van der Waals surface area contributed by atoms with E-state index in [0.717, 1.165) is 0 Å². The molecule has 0 saturated carbocycles. The third-order valence-electron chi connectivity index (χ3n) is 2.72. The van der Waals surface area contributed by atoms with Crippen molar-refractivity contribution >= 4 is 63.8 Å². The van der Waals surface area contributed by atoms with Crippen molar-refractivity contribution < 1.29 is 0 Å². The minimum absolute atomic E-state index is 0.0738. The van der Waals surface area contributed by atoms with E-state index in [0.29, 0.717) is 16.8 Å². The Balaban J connectivity index is 2.71. The lowest BCUT2D eigenvalue weighted by Gasteiger charge is -2.14. The summed E-state index contributed by atoms with van der Waals surface area (Å²) >= 11 is 30.4. The number of nitrogen functional groups attached to an aromatic ring is 1. The maximum absolute atomic E-state index is 8.67. The molecule has 2 rings (SSSR count). The quantitative estimate of drug-likeness (QED) is 0.539. The number of pyridine rings is 1. The van der Waals surface area contributed by atoms with E-state index in [1.807, 2.05) is 6.07 Å². The number of hydrogen-bond donors (Lipinski definition) is 1. The smallest absolute Gasteiger partial charge is 0.131 e. The largest absolute Gasteiger partial charge is 0.383 e. The monoisotopic (exact) mass is 379 g/mol. The van der Waals surface area contributed by atoms with Crippen LogP contribution in [0.3, 0.4) is 0 Å². The molecule has 108 valence electrons. The number of rotatable bonds is 2. The van der Waals surface area contributed by atoms with Crippen molar-refractivity contribution in [3.63, 3.8) is 0 Å². The molecule has 0 aliphatic carbocycles. The molecule has 1 aromatic heterocycles. The fourth-order valence-corrected chi connectivity index (χ4v) is 3.09. The van der Waals surface area contributed by atoms with Crippen molar-refractivity contribution in [1.29, 1.82) is 5.26 Å². The van der Waals surface area contributed by atoms with E-state index in [4.69, 9.17) is 69.0 Å². The number of nitriles is 1. The topological polar surface area (TPSA) is 62.7 Å². The molecule has 2 aromatic rings. The molecule has 0 amide bonds. The van der Waals surface area contributed by atoms with E-state index >= 15 is 0 Å². The van der Waals surface area contributed by atoms with E-state index in [2.05, 4.69) is 4.98 Å². The predicted molar refractivity (Wildman–Crippen MR) is 88.5 cm³/mol. The molecule has 0 aliphatic heterocycles. The Kier molecular flexibility index (Phi) is 5.08. The second-order valence-electron chi connectivity index (χ2n) is 4.02. The summed E-state index contributed by atoms with van der Waals surface area (Å²) in [6, 6.07) is 5.30. The van der Waals surface area contributed by atoms with Gasteiger partial charge in [-0.15, -0.1) is 0 Å². The van der Waals surface area contributed by atoms with Gasteiger partial charge in [-0.25, -0.2) is 4.98 Å². The van der Waals surface area contributed by atoms with Crippen LogP contribution in [0, 0.1) is 11.3 Å². The molecule has 0 bridgehead atoms. The number of nitrogens with zero attached hydrogens (tertiary/aromatic N) is 2. The van der Waals surface area contributed by atoms with Crippen molar-refractivity contribution in [2.45, 2.75) is 6.42 Å². The molecule has 1 aromatic carbocycles. The molecule has 8 heteroatoms. The zero-order chi connectivity index (χ0) is 15.7. The Bertz CT molecular complexity index is 738. The highest BCUT2D eigenvalue weighted by atomic mass is 35.5. The summed E-state index contributed by atoms with van der Waals surface area (Å²) in [6.45, 7) is 0. The first kappa shape index (κ1) is 16.5. The molecule has 3 nitrogen and oxygen atoms in total. The number of anilines is 1. The van der Waals surface area contributed by atoms with Crippen LogP contribution in [0.2, 0.25) is 25.1 Å². The Morgan fingerprint density at radius 2 is 1.48 bits per heavy atom. The Labute approximate surface area is 146 Å². The van der Waals surface area contributed by atoms with E-state index < -0.39 is 0 Å². The summed E-state index contributed by atoms with van der Waals surface area (Å²) in [4.78, 5) is 4.12. The average Bonchev–Trinajstić information content (AvgIpc) is 2.46. The number of nitrogens with two attached hydrogens (primary N) is 1. The summed E-state index contributed by atoms with van der Waals surface area (Å²) < 4.78 is 0. The van der Waals surface area contributed by atoms with E-state index in [9.17, 15) is 0 Å². The Hall–Kier alpha value is -0.890. The van der Waals surface area contributed by atoms with Gasteiger partial charge in [0.2, 0.25) is 0 Å². The highest BCUT2D eigenvalue weighted by molar-refractivity contribution is 6.56. The van der Waals surface area contributed by atoms with Gasteiger partial charge in [0.25, 0.3) is 0 Å². The first-order chi connectivity index (χ1) is 9.88. The standard InChI is InChI=1S/C13H6Cl5N3/c14-8-7(9(15)11(17)12(18)10(8)16)6-2-1-5(3-4-19)21-13(6)20/h1-2H,3H2,(H2,20,21). The van der Waals surface area contributed by atoms with Gasteiger partial charge in [-0.2, -0.15) is 5.26 Å². The molecule has 0 atom stereocenters. The summed E-state index contributed by atoms with van der Waals surface area (Å²) in [6.07, 6.45) is 0.147. The first-order valence-electron chi connectivity index (χ1n) is 5.52. The van der Waals surface area contributed by atoms with Crippen LogP contribution >= 0.6 is 58.0 Å². The lowest BCUT2D eigenvalue weighted by molar-refractivity contribution is 1.12. The molecule has 0 radical (unpaired) electrons. The molecular formula is C13H6Cl5N3. The zero-order valence-corrected chi connectivity index (χ0v) is 14.0. The molecule has 0 aliphatic rings. The maximum Gasteiger partial charge on any atom is 0.131 e. The predicted octanol–water partition coefficient (Wildman–Crippen LogP) is 5.66. The van der Waals surface area contributed by atoms with Crippen LogP contribution < -0.4 is 5.73 Å². The van der Waals surface area contributed by atoms with E-state index in [1.165, 1.54) is 0 Å². The van der Waals surface area contributed by atoms with Gasteiger partial charge >= 0.3 is 0 Å². The SMILES string of the molecule is N#CCc1ccc(-c2c(Cl)c(Cl)c(Cl)c(Cl)c2Cl)c(N)n1. The highest BCUT2D eigenvalue weighted by Gasteiger charge is 2.22. The number of hydrogen-bond acceptors (Lipinski definition) is 3. The van der Waals surface area contributed by atoms with Crippen LogP contribution in [-0.4, -0.2) is 4.98 Å². The van der Waals surface area contributed by atoms with Gasteiger partial charge in [-0.3, -0.25) is 0 Å². The molecule has 21 heavy (non-hydrogen) atoms. The van der Waals surface area contributed by atoms with Crippen molar-refractivity contribution in [2.75, 3.05) is 5.73 Å². The molecule has 1 heterocycles. The average molecular weight is 381 g/mol. The fraction of sp³-hybridized carbons (Fsp3) is 0.0769. The van der Waals surface area contributed by atoms with Crippen LogP contribution in [0.5, 0.6) is 0 Å². The van der Waals surface area contributed by atoms with Gasteiger partial charge in [0.1, 0.15) is 5.82 Å². The van der Waals surface area contributed by atoms with Crippen molar-refractivity contribution in [3.8, 4) is 17.2 Å². The van der Waals surface area contributed by atoms with Gasteiger partial charge in [-0.1, -0.05) is 58.0 Å². The minimum atomic E-state index is 0.0738. The third kappa shape index (κ3) is 3.01. The zero-order valence-electron chi connectivity index (χ0n) is 10.2. The normalized spacial score (nSPS) is 10.5. The Morgan fingerprint density at radius 3 is 1.95 bits per heavy atom. The second kappa shape index (κ2) is 6.48. The fourth-order valence-electron chi connectivity index (χ4n) is 1.75. The van der Waals surface area contributed by atoms with Gasteiger partial charge in [0, 0.05) is 11.1 Å². The van der Waals surface area contributed by atoms with Crippen LogP contribution in [0.1, 0.15) is 5.69 Å². The van der Waals surface area contributed by atoms with Crippen LogP contribution in [0.4, 0.5) is 5.82 Å². The highest BCUT2D eigenvalue weighted by Crippen LogP contribution is 2.49. The van der Waals surface area contributed by atoms with Crippen molar-refractivity contribution in [1.82, 2.24) is 4.98 Å². The lowest BCUT2D eigenvalue weighted by Crippen LogP contribution is -1.99. The van der Waals surface area contributed by atoms with Crippen LogP contribution in [0.15, 0.2) is 12.1 Å². The van der Waals surface area contributed by atoms with Crippen molar-refractivity contribution in [2.24, 2.45) is 0 Å². The second-order valence-corrected chi connectivity index (χ2v) is 5.91. The van der Waals surface area contributed by atoms with Gasteiger partial charge in [-0.05, 0) is 12.1 Å². The minimum Gasteiger partial charge on any atom is -0.383 e. The van der Waals surface area contributed by atoms with Gasteiger partial charge in [0.15, 0.2) is 0 Å².